The van der Waals surface area contributed by atoms with Crippen molar-refractivity contribution in [2.45, 2.75) is 18.9 Å². The minimum Gasteiger partial charge on any atom is -0.457 e. The number of nitrogens with zero attached hydrogens (tertiary/aromatic N) is 2. The van der Waals surface area contributed by atoms with Crippen molar-refractivity contribution in [2.24, 2.45) is 0 Å². The molecule has 1 aliphatic rings. The van der Waals surface area contributed by atoms with Crippen LogP contribution in [0.5, 0.6) is 11.5 Å². The van der Waals surface area contributed by atoms with Crippen LogP contribution in [-0.4, -0.2) is 42.0 Å². The van der Waals surface area contributed by atoms with Gasteiger partial charge in [-0.2, -0.15) is 0 Å². The molecule has 0 spiro atoms. The van der Waals surface area contributed by atoms with Crippen molar-refractivity contribution in [2.75, 3.05) is 20.1 Å². The largest absolute Gasteiger partial charge is 0.457 e. The highest BCUT2D eigenvalue weighted by Crippen LogP contribution is 2.22. The van der Waals surface area contributed by atoms with Crippen molar-refractivity contribution < 1.29 is 9.53 Å². The van der Waals surface area contributed by atoms with Crippen LogP contribution < -0.4 is 10.1 Å². The SMILES string of the molecule is CNC1CCN(C(=O)c2cc(Oc3ccccc3)ccn2)CC1.Cl.Cl. The molecule has 7 heteroatoms. The average molecular weight is 384 g/mol. The van der Waals surface area contributed by atoms with E-state index in [0.717, 1.165) is 31.7 Å². The van der Waals surface area contributed by atoms with E-state index in [4.69, 9.17) is 4.74 Å². The van der Waals surface area contributed by atoms with E-state index in [-0.39, 0.29) is 30.7 Å². The Balaban J connectivity index is 0.00000156. The monoisotopic (exact) mass is 383 g/mol. The molecule has 1 amide bonds. The summed E-state index contributed by atoms with van der Waals surface area (Å²) in [7, 11) is 1.97. The van der Waals surface area contributed by atoms with Gasteiger partial charge in [0.1, 0.15) is 17.2 Å². The van der Waals surface area contributed by atoms with Gasteiger partial charge in [-0.05, 0) is 38.1 Å². The van der Waals surface area contributed by atoms with Crippen molar-refractivity contribution in [1.82, 2.24) is 15.2 Å². The molecule has 2 heterocycles. The molecule has 0 aliphatic carbocycles. The number of hydrogen-bond acceptors (Lipinski definition) is 4. The normalized spacial score (nSPS) is 14.2. The number of likely N-dealkylation sites (tertiary alicyclic amines) is 1. The van der Waals surface area contributed by atoms with Gasteiger partial charge in [0.25, 0.3) is 5.91 Å². The fraction of sp³-hybridized carbons (Fsp3) is 0.333. The Morgan fingerprint density at radius 1 is 1.12 bits per heavy atom. The van der Waals surface area contributed by atoms with Crippen LogP contribution in [0.3, 0.4) is 0 Å². The topological polar surface area (TPSA) is 54.5 Å². The van der Waals surface area contributed by atoms with Gasteiger partial charge in [-0.1, -0.05) is 18.2 Å². The molecule has 1 aliphatic heterocycles. The molecule has 1 aromatic carbocycles. The standard InChI is InChI=1S/C18H21N3O2.2ClH/c1-19-14-8-11-21(12-9-14)18(22)17-13-16(7-10-20-17)23-15-5-3-2-4-6-15;;/h2-7,10,13-14,19H,8-9,11-12H2,1H3;2*1H. The third kappa shape index (κ3) is 5.59. The van der Waals surface area contributed by atoms with Gasteiger partial charge in [0, 0.05) is 31.4 Å². The summed E-state index contributed by atoms with van der Waals surface area (Å²) in [5.41, 5.74) is 0.432. The van der Waals surface area contributed by atoms with Crippen molar-refractivity contribution in [1.29, 1.82) is 0 Å². The quantitative estimate of drug-likeness (QED) is 0.876. The van der Waals surface area contributed by atoms with Gasteiger partial charge >= 0.3 is 0 Å². The van der Waals surface area contributed by atoms with Crippen molar-refractivity contribution in [3.8, 4) is 11.5 Å². The summed E-state index contributed by atoms with van der Waals surface area (Å²) in [6.07, 6.45) is 3.57. The third-order valence-corrected chi connectivity index (χ3v) is 4.12. The predicted molar refractivity (Wildman–Crippen MR) is 103 cm³/mol. The maximum atomic E-state index is 12.6. The number of amides is 1. The molecular formula is C18H23Cl2N3O2. The molecule has 1 N–H and O–H groups in total. The fourth-order valence-corrected chi connectivity index (χ4v) is 2.75. The highest BCUT2D eigenvalue weighted by atomic mass is 35.5. The number of halogens is 2. The van der Waals surface area contributed by atoms with Crippen LogP contribution in [0.2, 0.25) is 0 Å². The Kier molecular flexibility index (Phi) is 8.69. The first-order chi connectivity index (χ1) is 11.3. The zero-order valence-corrected chi connectivity index (χ0v) is 15.7. The summed E-state index contributed by atoms with van der Waals surface area (Å²) in [5.74, 6) is 1.34. The lowest BCUT2D eigenvalue weighted by atomic mass is 10.1. The Labute approximate surface area is 160 Å². The van der Waals surface area contributed by atoms with Crippen LogP contribution in [0, 0.1) is 0 Å². The average Bonchev–Trinajstić information content (AvgIpc) is 2.62. The lowest BCUT2D eigenvalue weighted by molar-refractivity contribution is 0.0701. The van der Waals surface area contributed by atoms with Gasteiger partial charge < -0.3 is 15.0 Å². The Bertz CT molecular complexity index is 662. The first-order valence-electron chi connectivity index (χ1n) is 7.92. The maximum absolute atomic E-state index is 12.6. The summed E-state index contributed by atoms with van der Waals surface area (Å²) in [6.45, 7) is 1.52. The Hall–Kier alpha value is -1.82. The summed E-state index contributed by atoms with van der Waals surface area (Å²) >= 11 is 0. The molecule has 136 valence electrons. The van der Waals surface area contributed by atoms with Crippen LogP contribution in [0.15, 0.2) is 48.7 Å². The number of aromatic nitrogens is 1. The van der Waals surface area contributed by atoms with Crippen LogP contribution >= 0.6 is 24.8 Å². The molecule has 25 heavy (non-hydrogen) atoms. The summed E-state index contributed by atoms with van der Waals surface area (Å²) < 4.78 is 5.77. The van der Waals surface area contributed by atoms with Crippen LogP contribution in [-0.2, 0) is 0 Å². The van der Waals surface area contributed by atoms with E-state index in [1.807, 2.05) is 42.3 Å². The van der Waals surface area contributed by atoms with Gasteiger partial charge in [-0.15, -0.1) is 24.8 Å². The van der Waals surface area contributed by atoms with Crippen LogP contribution in [0.1, 0.15) is 23.3 Å². The van der Waals surface area contributed by atoms with E-state index in [2.05, 4.69) is 10.3 Å². The Morgan fingerprint density at radius 3 is 2.44 bits per heavy atom. The number of piperidine rings is 1. The van der Waals surface area contributed by atoms with E-state index in [1.54, 1.807) is 18.3 Å². The second-order valence-electron chi connectivity index (χ2n) is 5.65. The zero-order chi connectivity index (χ0) is 16.1. The number of hydrogen-bond donors (Lipinski definition) is 1. The summed E-state index contributed by atoms with van der Waals surface area (Å²) in [5, 5.41) is 3.27. The van der Waals surface area contributed by atoms with E-state index < -0.39 is 0 Å². The minimum absolute atomic E-state index is 0. The molecule has 5 nitrogen and oxygen atoms in total. The lowest BCUT2D eigenvalue weighted by Crippen LogP contribution is -2.44. The Morgan fingerprint density at radius 2 is 1.80 bits per heavy atom. The second-order valence-corrected chi connectivity index (χ2v) is 5.65. The van der Waals surface area contributed by atoms with Gasteiger partial charge in [0.2, 0.25) is 0 Å². The van der Waals surface area contributed by atoms with Gasteiger partial charge in [0.15, 0.2) is 0 Å². The van der Waals surface area contributed by atoms with E-state index in [0.29, 0.717) is 17.5 Å². The van der Waals surface area contributed by atoms with Crippen molar-refractivity contribution >= 4 is 30.7 Å². The van der Waals surface area contributed by atoms with E-state index in [9.17, 15) is 4.79 Å². The lowest BCUT2D eigenvalue weighted by Gasteiger charge is -2.31. The molecule has 2 aromatic rings. The number of rotatable bonds is 4. The molecule has 0 radical (unpaired) electrons. The number of para-hydroxylation sites is 1. The predicted octanol–water partition coefficient (Wildman–Crippen LogP) is 3.54. The molecule has 1 aromatic heterocycles. The molecule has 0 atom stereocenters. The van der Waals surface area contributed by atoms with Crippen molar-refractivity contribution in [3.63, 3.8) is 0 Å². The molecule has 0 unspecified atom stereocenters. The molecular weight excluding hydrogens is 361 g/mol. The number of carbonyl (C=O) groups excluding carboxylic acids is 1. The number of benzene rings is 1. The molecule has 1 fully saturated rings. The smallest absolute Gasteiger partial charge is 0.272 e. The van der Waals surface area contributed by atoms with Crippen LogP contribution in [0.25, 0.3) is 0 Å². The summed E-state index contributed by atoms with van der Waals surface area (Å²) in [4.78, 5) is 18.7. The number of ether oxygens (including phenoxy) is 1. The van der Waals surface area contributed by atoms with Gasteiger partial charge in [-0.25, -0.2) is 0 Å². The van der Waals surface area contributed by atoms with Gasteiger partial charge in [0.05, 0.1) is 0 Å². The minimum atomic E-state index is -0.0296. The fourth-order valence-electron chi connectivity index (χ4n) is 2.75. The second kappa shape index (κ2) is 10.2. The zero-order valence-electron chi connectivity index (χ0n) is 14.1. The number of carbonyl (C=O) groups is 1. The first-order valence-corrected chi connectivity index (χ1v) is 7.92. The third-order valence-electron chi connectivity index (χ3n) is 4.12. The highest BCUT2D eigenvalue weighted by Gasteiger charge is 2.23. The first kappa shape index (κ1) is 21.2. The summed E-state index contributed by atoms with van der Waals surface area (Å²) in [6, 6.07) is 13.5. The van der Waals surface area contributed by atoms with Crippen molar-refractivity contribution in [3.05, 3.63) is 54.4 Å². The number of nitrogens with one attached hydrogen (secondary N) is 1. The molecule has 0 bridgehead atoms. The maximum Gasteiger partial charge on any atom is 0.272 e. The molecule has 0 saturated carbocycles. The van der Waals surface area contributed by atoms with E-state index in [1.165, 1.54) is 0 Å². The van der Waals surface area contributed by atoms with E-state index >= 15 is 0 Å². The molecule has 1 saturated heterocycles. The number of pyridine rings is 1. The highest BCUT2D eigenvalue weighted by molar-refractivity contribution is 5.92. The van der Waals surface area contributed by atoms with Crippen LogP contribution in [0.4, 0.5) is 0 Å². The van der Waals surface area contributed by atoms with Gasteiger partial charge in [-0.3, -0.25) is 9.78 Å². The molecule has 3 rings (SSSR count).